The van der Waals surface area contributed by atoms with Crippen LogP contribution in [0.2, 0.25) is 0 Å². The fraction of sp³-hybridized carbons (Fsp3) is 0.200. The maximum Gasteiger partial charge on any atom is 0.114 e. The van der Waals surface area contributed by atoms with Crippen LogP contribution < -0.4 is 0 Å². The average Bonchev–Trinajstić information content (AvgIpc) is 2.46. The Morgan fingerprint density at radius 1 is 1.00 bits per heavy atom. The van der Waals surface area contributed by atoms with Gasteiger partial charge < -0.3 is 4.90 Å². The van der Waals surface area contributed by atoms with Gasteiger partial charge in [0.15, 0.2) is 0 Å². The van der Waals surface area contributed by atoms with Crippen molar-refractivity contribution >= 4 is 77.0 Å². The Hall–Kier alpha value is -0.360. The van der Waals surface area contributed by atoms with E-state index in [2.05, 4.69) is 67.1 Å². The number of hydrogen-bond acceptors (Lipinski definition) is 2. The molecule has 2 aromatic carbocycles. The summed E-state index contributed by atoms with van der Waals surface area (Å²) in [4.78, 5) is 3.76. The van der Waals surface area contributed by atoms with E-state index < -0.39 is 0 Å². The third kappa shape index (κ3) is 2.25. The minimum absolute atomic E-state index is 0.840. The average molecular weight is 429 g/mol. The Morgan fingerprint density at radius 2 is 1.70 bits per heavy atom. The SMILES string of the molecule is S=C1c2cccc3c(Br)ccc(c23)C(=S)N1CCCBr. The monoisotopic (exact) mass is 427 g/mol. The van der Waals surface area contributed by atoms with Crippen LogP contribution in [0.4, 0.5) is 0 Å². The second-order valence-corrected chi connectivity index (χ2v) is 7.05. The van der Waals surface area contributed by atoms with Gasteiger partial charge in [-0.15, -0.1) is 0 Å². The van der Waals surface area contributed by atoms with E-state index in [0.717, 1.165) is 43.9 Å². The van der Waals surface area contributed by atoms with Gasteiger partial charge in [-0.2, -0.15) is 0 Å². The Labute approximate surface area is 145 Å². The minimum atomic E-state index is 0.840. The van der Waals surface area contributed by atoms with Gasteiger partial charge in [-0.1, -0.05) is 80.6 Å². The molecule has 0 saturated heterocycles. The van der Waals surface area contributed by atoms with Crippen molar-refractivity contribution in [3.63, 3.8) is 0 Å². The van der Waals surface area contributed by atoms with Crippen LogP contribution in [0.15, 0.2) is 34.8 Å². The highest BCUT2D eigenvalue weighted by Crippen LogP contribution is 2.35. The van der Waals surface area contributed by atoms with Gasteiger partial charge in [-0.3, -0.25) is 0 Å². The summed E-state index contributed by atoms with van der Waals surface area (Å²) >= 11 is 18.4. The lowest BCUT2D eigenvalue weighted by molar-refractivity contribution is 0.618. The van der Waals surface area contributed by atoms with E-state index in [-0.39, 0.29) is 0 Å². The Balaban J connectivity index is 2.23. The fourth-order valence-corrected chi connectivity index (χ4v) is 4.01. The molecule has 1 heterocycles. The topological polar surface area (TPSA) is 3.24 Å². The zero-order chi connectivity index (χ0) is 14.3. The predicted octanol–water partition coefficient (Wildman–Crippen LogP) is 5.05. The Kier molecular flexibility index (Phi) is 4.22. The van der Waals surface area contributed by atoms with E-state index in [9.17, 15) is 0 Å². The molecule has 0 aliphatic carbocycles. The van der Waals surface area contributed by atoms with E-state index in [1.807, 2.05) is 0 Å². The molecule has 3 rings (SSSR count). The number of nitrogens with zero attached hydrogens (tertiary/aromatic N) is 1. The molecule has 0 aromatic heterocycles. The number of alkyl halides is 1. The molecule has 1 aliphatic rings. The van der Waals surface area contributed by atoms with Gasteiger partial charge in [-0.05, 0) is 17.9 Å². The highest BCUT2D eigenvalue weighted by atomic mass is 79.9. The van der Waals surface area contributed by atoms with Crippen molar-refractivity contribution in [2.75, 3.05) is 11.9 Å². The second-order valence-electron chi connectivity index (χ2n) is 4.63. The van der Waals surface area contributed by atoms with Crippen LogP contribution in [-0.2, 0) is 0 Å². The number of thiocarbonyl (C=S) groups is 2. The normalized spacial score (nSPS) is 14.2. The Bertz CT molecular complexity index is 705. The number of hydrogen-bond donors (Lipinski definition) is 0. The van der Waals surface area contributed by atoms with Crippen molar-refractivity contribution in [3.05, 3.63) is 45.9 Å². The summed E-state index contributed by atoms with van der Waals surface area (Å²) in [5.74, 6) is 0. The molecular weight excluding hydrogens is 418 g/mol. The minimum Gasteiger partial charge on any atom is -0.323 e. The molecule has 1 nitrogen and oxygen atoms in total. The third-order valence-electron chi connectivity index (χ3n) is 3.45. The largest absolute Gasteiger partial charge is 0.323 e. The van der Waals surface area contributed by atoms with E-state index >= 15 is 0 Å². The molecule has 0 unspecified atom stereocenters. The van der Waals surface area contributed by atoms with Crippen molar-refractivity contribution in [1.29, 1.82) is 0 Å². The van der Waals surface area contributed by atoms with Crippen LogP contribution in [0, 0.1) is 0 Å². The van der Waals surface area contributed by atoms with E-state index in [0.29, 0.717) is 0 Å². The molecule has 0 bridgehead atoms. The first-order chi connectivity index (χ1) is 9.65. The third-order valence-corrected chi connectivity index (χ3v) is 5.59. The van der Waals surface area contributed by atoms with E-state index in [1.54, 1.807) is 0 Å². The van der Waals surface area contributed by atoms with Gasteiger partial charge >= 0.3 is 0 Å². The fourth-order valence-electron chi connectivity index (χ4n) is 2.53. The molecule has 5 heteroatoms. The van der Waals surface area contributed by atoms with Crippen molar-refractivity contribution in [2.24, 2.45) is 0 Å². The molecule has 0 saturated carbocycles. The second kappa shape index (κ2) is 5.79. The van der Waals surface area contributed by atoms with Gasteiger partial charge in [0.2, 0.25) is 0 Å². The first kappa shape index (κ1) is 14.6. The van der Waals surface area contributed by atoms with Gasteiger partial charge in [0.05, 0.1) is 0 Å². The summed E-state index contributed by atoms with van der Waals surface area (Å²) in [6.45, 7) is 0.856. The quantitative estimate of drug-likeness (QED) is 0.497. The van der Waals surface area contributed by atoms with Crippen molar-refractivity contribution in [3.8, 4) is 0 Å². The van der Waals surface area contributed by atoms with E-state index in [1.165, 1.54) is 10.8 Å². The Morgan fingerprint density at radius 3 is 2.40 bits per heavy atom. The smallest absolute Gasteiger partial charge is 0.114 e. The lowest BCUT2D eigenvalue weighted by Gasteiger charge is -2.32. The standard InChI is InChI=1S/C15H11Br2NS2/c16-7-2-8-18-14(19)10-4-1-3-9-12(17)6-5-11(13(9)10)15(18)20/h1,3-6H,2,7-8H2. The zero-order valence-electron chi connectivity index (χ0n) is 10.5. The summed E-state index contributed by atoms with van der Waals surface area (Å²) in [6, 6.07) is 10.4. The molecule has 0 fully saturated rings. The predicted molar refractivity (Wildman–Crippen MR) is 100 cm³/mol. The molecule has 1 aliphatic heterocycles. The van der Waals surface area contributed by atoms with Gasteiger partial charge in [0, 0.05) is 32.9 Å². The summed E-state index contributed by atoms with van der Waals surface area (Å²) in [5, 5.41) is 3.29. The van der Waals surface area contributed by atoms with Crippen molar-refractivity contribution < 1.29 is 0 Å². The lowest BCUT2D eigenvalue weighted by atomic mass is 9.95. The number of benzene rings is 2. The number of halogens is 2. The molecular formula is C15H11Br2NS2. The van der Waals surface area contributed by atoms with E-state index in [4.69, 9.17) is 24.4 Å². The first-order valence-corrected chi connectivity index (χ1v) is 9.01. The van der Waals surface area contributed by atoms with Crippen molar-refractivity contribution in [1.82, 2.24) is 4.90 Å². The van der Waals surface area contributed by atoms with Gasteiger partial charge in [-0.25, -0.2) is 0 Å². The van der Waals surface area contributed by atoms with Crippen LogP contribution in [0.5, 0.6) is 0 Å². The van der Waals surface area contributed by atoms with Gasteiger partial charge in [0.1, 0.15) is 9.98 Å². The highest BCUT2D eigenvalue weighted by molar-refractivity contribution is 9.10. The van der Waals surface area contributed by atoms with Crippen LogP contribution >= 0.6 is 56.3 Å². The molecule has 0 N–H and O–H groups in total. The maximum atomic E-state index is 5.66. The first-order valence-electron chi connectivity index (χ1n) is 6.28. The molecule has 0 amide bonds. The molecule has 2 aromatic rings. The summed E-state index contributed by atoms with van der Waals surface area (Å²) in [7, 11) is 0. The molecule has 102 valence electrons. The molecule has 0 radical (unpaired) electrons. The molecule has 0 spiro atoms. The maximum absolute atomic E-state index is 5.66. The molecule has 20 heavy (non-hydrogen) atoms. The number of rotatable bonds is 3. The van der Waals surface area contributed by atoms with Crippen molar-refractivity contribution in [2.45, 2.75) is 6.42 Å². The summed E-state index contributed by atoms with van der Waals surface area (Å²) in [6.07, 6.45) is 1.02. The summed E-state index contributed by atoms with van der Waals surface area (Å²) < 4.78 is 1.08. The van der Waals surface area contributed by atoms with Crippen LogP contribution in [-0.4, -0.2) is 26.8 Å². The van der Waals surface area contributed by atoms with Crippen LogP contribution in [0.3, 0.4) is 0 Å². The van der Waals surface area contributed by atoms with Gasteiger partial charge in [0.25, 0.3) is 0 Å². The highest BCUT2D eigenvalue weighted by Gasteiger charge is 2.27. The summed E-state index contributed by atoms with van der Waals surface area (Å²) in [5.41, 5.74) is 2.22. The zero-order valence-corrected chi connectivity index (χ0v) is 15.3. The van der Waals surface area contributed by atoms with Crippen LogP contribution in [0.25, 0.3) is 10.8 Å². The lowest BCUT2D eigenvalue weighted by Crippen LogP contribution is -2.39. The molecule has 0 atom stereocenters. The van der Waals surface area contributed by atoms with Crippen LogP contribution in [0.1, 0.15) is 17.5 Å².